The van der Waals surface area contributed by atoms with Crippen molar-refractivity contribution in [3.63, 3.8) is 0 Å². The molecule has 2 saturated carbocycles. The van der Waals surface area contributed by atoms with Crippen molar-refractivity contribution in [2.75, 3.05) is 13.2 Å². The second kappa shape index (κ2) is 6.34. The summed E-state index contributed by atoms with van der Waals surface area (Å²) in [4.78, 5) is 0. The summed E-state index contributed by atoms with van der Waals surface area (Å²) in [5.74, 6) is 3.10. The number of aliphatic hydroxyl groups is 1. The molecule has 5 atom stereocenters. The summed E-state index contributed by atoms with van der Waals surface area (Å²) in [6.07, 6.45) is 7.78. The molecule has 4 rings (SSSR count). The van der Waals surface area contributed by atoms with E-state index in [1.54, 1.807) is 0 Å². The summed E-state index contributed by atoms with van der Waals surface area (Å²) in [6, 6.07) is 6.58. The summed E-state index contributed by atoms with van der Waals surface area (Å²) in [5, 5.41) is 10.5. The van der Waals surface area contributed by atoms with Crippen molar-refractivity contribution >= 4 is 0 Å². The molecule has 1 aromatic carbocycles. The van der Waals surface area contributed by atoms with Crippen molar-refractivity contribution in [2.24, 2.45) is 23.0 Å². The molecule has 3 heteroatoms. The lowest BCUT2D eigenvalue weighted by Gasteiger charge is -2.50. The van der Waals surface area contributed by atoms with E-state index in [0.717, 1.165) is 31.4 Å². The van der Waals surface area contributed by atoms with E-state index >= 15 is 0 Å². The number of rotatable bonds is 4. The van der Waals surface area contributed by atoms with Crippen LogP contribution in [0.2, 0.25) is 0 Å². The van der Waals surface area contributed by atoms with Crippen molar-refractivity contribution in [1.82, 2.24) is 0 Å². The molecule has 5 unspecified atom stereocenters. The SMILES string of the molecule is CC12CCC3c4c(cccc4OCCCN)CCC3C1CCC2O. The van der Waals surface area contributed by atoms with Crippen LogP contribution in [0.1, 0.15) is 62.5 Å². The highest BCUT2D eigenvalue weighted by molar-refractivity contribution is 5.45. The van der Waals surface area contributed by atoms with Crippen LogP contribution in [0.5, 0.6) is 5.75 Å². The monoisotopic (exact) mass is 329 g/mol. The first-order valence-corrected chi connectivity index (χ1v) is 9.78. The molecular formula is C21H31NO2. The second-order valence-electron chi connectivity index (χ2n) is 8.37. The lowest BCUT2D eigenvalue weighted by molar-refractivity contribution is -0.0229. The van der Waals surface area contributed by atoms with Crippen molar-refractivity contribution in [3.05, 3.63) is 29.3 Å². The molecular weight excluding hydrogens is 298 g/mol. The Morgan fingerprint density at radius 3 is 2.96 bits per heavy atom. The van der Waals surface area contributed by atoms with Gasteiger partial charge in [0.2, 0.25) is 0 Å². The highest BCUT2D eigenvalue weighted by atomic mass is 16.5. The summed E-state index contributed by atoms with van der Waals surface area (Å²) < 4.78 is 6.12. The van der Waals surface area contributed by atoms with Gasteiger partial charge in [-0.3, -0.25) is 0 Å². The smallest absolute Gasteiger partial charge is 0.123 e. The van der Waals surface area contributed by atoms with Gasteiger partial charge < -0.3 is 15.6 Å². The van der Waals surface area contributed by atoms with Crippen LogP contribution in [-0.4, -0.2) is 24.4 Å². The van der Waals surface area contributed by atoms with Gasteiger partial charge >= 0.3 is 0 Å². The maximum absolute atomic E-state index is 10.5. The van der Waals surface area contributed by atoms with Crippen LogP contribution < -0.4 is 10.5 Å². The van der Waals surface area contributed by atoms with E-state index in [4.69, 9.17) is 10.5 Å². The molecule has 0 aromatic heterocycles. The number of benzene rings is 1. The van der Waals surface area contributed by atoms with E-state index < -0.39 is 0 Å². The minimum Gasteiger partial charge on any atom is -0.493 e. The first-order valence-electron chi connectivity index (χ1n) is 9.78. The molecule has 2 fully saturated rings. The van der Waals surface area contributed by atoms with E-state index in [-0.39, 0.29) is 11.5 Å². The molecule has 0 spiro atoms. The molecule has 3 N–H and O–H groups in total. The maximum atomic E-state index is 10.5. The molecule has 0 heterocycles. The Balaban J connectivity index is 1.64. The highest BCUT2D eigenvalue weighted by Crippen LogP contribution is 2.61. The zero-order valence-corrected chi connectivity index (χ0v) is 14.8. The molecule has 0 amide bonds. The minimum absolute atomic E-state index is 0.0964. The fraction of sp³-hybridized carbons (Fsp3) is 0.714. The summed E-state index contributed by atoms with van der Waals surface area (Å²) >= 11 is 0. The van der Waals surface area contributed by atoms with Gasteiger partial charge in [0.05, 0.1) is 12.7 Å². The van der Waals surface area contributed by atoms with Gasteiger partial charge in [0.25, 0.3) is 0 Å². The van der Waals surface area contributed by atoms with Crippen LogP contribution in [0.3, 0.4) is 0 Å². The fourth-order valence-corrected chi connectivity index (χ4v) is 5.96. The van der Waals surface area contributed by atoms with Crippen LogP contribution in [0.4, 0.5) is 0 Å². The number of hydrogen-bond donors (Lipinski definition) is 2. The van der Waals surface area contributed by atoms with Crippen LogP contribution in [0, 0.1) is 17.3 Å². The normalized spacial score (nSPS) is 37.5. The second-order valence-corrected chi connectivity index (χ2v) is 8.37. The first kappa shape index (κ1) is 16.4. The molecule has 0 radical (unpaired) electrons. The molecule has 132 valence electrons. The average molecular weight is 329 g/mol. The third-order valence-corrected chi connectivity index (χ3v) is 7.27. The zero-order chi connectivity index (χ0) is 16.7. The average Bonchev–Trinajstić information content (AvgIpc) is 2.90. The van der Waals surface area contributed by atoms with Crippen molar-refractivity contribution < 1.29 is 9.84 Å². The fourth-order valence-electron chi connectivity index (χ4n) is 5.96. The van der Waals surface area contributed by atoms with Crippen molar-refractivity contribution in [1.29, 1.82) is 0 Å². The lowest BCUT2D eigenvalue weighted by atomic mass is 9.55. The van der Waals surface area contributed by atoms with Gasteiger partial charge in [0.15, 0.2) is 0 Å². The van der Waals surface area contributed by atoms with Gasteiger partial charge in [-0.05, 0) is 86.3 Å². The van der Waals surface area contributed by atoms with E-state index in [1.165, 1.54) is 30.4 Å². The Morgan fingerprint density at radius 2 is 2.12 bits per heavy atom. The molecule has 3 nitrogen and oxygen atoms in total. The van der Waals surface area contributed by atoms with Crippen LogP contribution >= 0.6 is 0 Å². The molecule has 1 aromatic rings. The van der Waals surface area contributed by atoms with Crippen molar-refractivity contribution in [3.8, 4) is 5.75 Å². The van der Waals surface area contributed by atoms with E-state index in [2.05, 4.69) is 25.1 Å². The van der Waals surface area contributed by atoms with Gasteiger partial charge in [-0.2, -0.15) is 0 Å². The number of hydrogen-bond acceptors (Lipinski definition) is 3. The number of aliphatic hydroxyl groups excluding tert-OH is 1. The summed E-state index contributed by atoms with van der Waals surface area (Å²) in [7, 11) is 0. The third kappa shape index (κ3) is 2.48. The lowest BCUT2D eigenvalue weighted by Crippen LogP contribution is -2.44. The topological polar surface area (TPSA) is 55.5 Å². The molecule has 3 aliphatic carbocycles. The zero-order valence-electron chi connectivity index (χ0n) is 14.8. The Labute approximate surface area is 145 Å². The first-order chi connectivity index (χ1) is 11.6. The van der Waals surface area contributed by atoms with Crippen molar-refractivity contribution in [2.45, 2.75) is 63.9 Å². The van der Waals surface area contributed by atoms with Crippen LogP contribution in [-0.2, 0) is 6.42 Å². The molecule has 24 heavy (non-hydrogen) atoms. The summed E-state index contributed by atoms with van der Waals surface area (Å²) in [5.41, 5.74) is 8.74. The Bertz CT molecular complexity index is 602. The predicted molar refractivity (Wildman–Crippen MR) is 96.2 cm³/mol. The van der Waals surface area contributed by atoms with Gasteiger partial charge in [-0.25, -0.2) is 0 Å². The maximum Gasteiger partial charge on any atom is 0.123 e. The Kier molecular flexibility index (Phi) is 4.34. The van der Waals surface area contributed by atoms with E-state index in [9.17, 15) is 5.11 Å². The summed E-state index contributed by atoms with van der Waals surface area (Å²) in [6.45, 7) is 3.73. The van der Waals surface area contributed by atoms with Gasteiger partial charge in [-0.15, -0.1) is 0 Å². The molecule has 0 saturated heterocycles. The quantitative estimate of drug-likeness (QED) is 0.829. The van der Waals surface area contributed by atoms with E-state index in [1.807, 2.05) is 0 Å². The predicted octanol–water partition coefficient (Wildman–Crippen LogP) is 3.63. The van der Waals surface area contributed by atoms with Crippen LogP contribution in [0.15, 0.2) is 18.2 Å². The Hall–Kier alpha value is -1.06. The minimum atomic E-state index is -0.0964. The number of aryl methyl sites for hydroxylation is 1. The van der Waals surface area contributed by atoms with Gasteiger partial charge in [-0.1, -0.05) is 19.1 Å². The highest BCUT2D eigenvalue weighted by Gasteiger charge is 2.54. The number of fused-ring (bicyclic) bond motifs is 5. The van der Waals surface area contributed by atoms with Gasteiger partial charge in [0.1, 0.15) is 5.75 Å². The van der Waals surface area contributed by atoms with E-state index in [0.29, 0.717) is 30.9 Å². The largest absolute Gasteiger partial charge is 0.493 e. The number of ether oxygens (including phenoxy) is 1. The Morgan fingerprint density at radius 1 is 1.25 bits per heavy atom. The molecule has 3 aliphatic rings. The van der Waals surface area contributed by atoms with Gasteiger partial charge in [0, 0.05) is 5.56 Å². The molecule has 0 bridgehead atoms. The molecule has 0 aliphatic heterocycles. The third-order valence-electron chi connectivity index (χ3n) is 7.27. The standard InChI is InChI=1S/C21H31NO2/c1-21-11-10-16-15(17(21)8-9-19(21)23)7-6-14-4-2-5-18(20(14)16)24-13-3-12-22/h2,4-5,15-17,19,23H,3,6-13,22H2,1H3. The van der Waals surface area contributed by atoms with Crippen LogP contribution in [0.25, 0.3) is 0 Å². The number of nitrogens with two attached hydrogens (primary N) is 1.